The van der Waals surface area contributed by atoms with Gasteiger partial charge in [-0.15, -0.1) is 0 Å². The van der Waals surface area contributed by atoms with Gasteiger partial charge in [0.15, 0.2) is 0 Å². The minimum atomic E-state index is 0.333. The van der Waals surface area contributed by atoms with E-state index in [0.29, 0.717) is 12.6 Å². The van der Waals surface area contributed by atoms with E-state index >= 15 is 0 Å². The summed E-state index contributed by atoms with van der Waals surface area (Å²) in [6, 6.07) is 11.4. The molecule has 4 heteroatoms. The van der Waals surface area contributed by atoms with Gasteiger partial charge in [-0.1, -0.05) is 36.8 Å². The Morgan fingerprint density at radius 1 is 0.875 bits per heavy atom. The molecule has 2 fully saturated rings. The van der Waals surface area contributed by atoms with Crippen molar-refractivity contribution >= 4 is 0 Å². The first kappa shape index (κ1) is 17.9. The van der Waals surface area contributed by atoms with Crippen LogP contribution in [0.25, 0.3) is 0 Å². The summed E-state index contributed by atoms with van der Waals surface area (Å²) in [5.41, 5.74) is 1.42. The van der Waals surface area contributed by atoms with Crippen LogP contribution in [-0.4, -0.2) is 78.3 Å². The molecule has 2 heterocycles. The second kappa shape index (κ2) is 9.52. The number of hydrogen-bond acceptors (Lipinski definition) is 4. The van der Waals surface area contributed by atoms with Crippen molar-refractivity contribution in [2.24, 2.45) is 0 Å². The highest BCUT2D eigenvalue weighted by Crippen LogP contribution is 2.19. The van der Waals surface area contributed by atoms with Gasteiger partial charge in [0.25, 0.3) is 0 Å². The maximum Gasteiger partial charge on any atom is 0.0445 e. The molecule has 0 saturated carbocycles. The van der Waals surface area contributed by atoms with E-state index in [4.69, 9.17) is 0 Å². The quantitative estimate of drug-likeness (QED) is 0.828. The number of piperidine rings is 1. The predicted molar refractivity (Wildman–Crippen MR) is 99.1 cm³/mol. The fraction of sp³-hybridized carbons (Fsp3) is 0.700. The molecule has 0 amide bonds. The van der Waals surface area contributed by atoms with Crippen molar-refractivity contribution in [3.8, 4) is 0 Å². The molecule has 0 bridgehead atoms. The van der Waals surface area contributed by atoms with E-state index < -0.39 is 0 Å². The number of aliphatic hydroxyl groups is 1. The highest BCUT2D eigenvalue weighted by atomic mass is 16.3. The fourth-order valence-electron chi connectivity index (χ4n) is 4.11. The number of aliphatic hydroxyl groups excluding tert-OH is 1. The summed E-state index contributed by atoms with van der Waals surface area (Å²) >= 11 is 0. The van der Waals surface area contributed by atoms with Crippen LogP contribution >= 0.6 is 0 Å². The van der Waals surface area contributed by atoms with Crippen LogP contribution in [0.15, 0.2) is 30.3 Å². The summed E-state index contributed by atoms with van der Waals surface area (Å²) in [7, 11) is 0. The van der Waals surface area contributed by atoms with E-state index in [1.165, 1.54) is 70.6 Å². The van der Waals surface area contributed by atoms with Gasteiger partial charge in [-0.05, 0) is 31.4 Å². The van der Waals surface area contributed by atoms with Gasteiger partial charge in [-0.3, -0.25) is 14.7 Å². The maximum atomic E-state index is 9.26. The number of nitrogens with zero attached hydrogens (tertiary/aromatic N) is 3. The Balaban J connectivity index is 1.37. The largest absolute Gasteiger partial charge is 0.396 e. The van der Waals surface area contributed by atoms with Crippen LogP contribution in [0, 0.1) is 0 Å². The average molecular weight is 332 g/mol. The minimum absolute atomic E-state index is 0.333. The standard InChI is InChI=1S/C20H33N3O/c24-17-9-20-8-4-5-10-23(20)16-15-21-11-13-22(14-12-21)18-19-6-2-1-3-7-19/h1-3,6-7,20,24H,4-5,8-18H2/t20-/m1/s1. The van der Waals surface area contributed by atoms with Gasteiger partial charge in [0.2, 0.25) is 0 Å². The fourth-order valence-corrected chi connectivity index (χ4v) is 4.11. The molecule has 2 aliphatic rings. The molecule has 0 spiro atoms. The van der Waals surface area contributed by atoms with Crippen LogP contribution in [0.1, 0.15) is 31.2 Å². The van der Waals surface area contributed by atoms with E-state index in [2.05, 4.69) is 45.0 Å². The lowest BCUT2D eigenvalue weighted by Gasteiger charge is -2.39. The summed E-state index contributed by atoms with van der Waals surface area (Å²) in [5.74, 6) is 0. The highest BCUT2D eigenvalue weighted by molar-refractivity contribution is 5.14. The van der Waals surface area contributed by atoms with Gasteiger partial charge in [-0.2, -0.15) is 0 Å². The first-order chi connectivity index (χ1) is 11.8. The van der Waals surface area contributed by atoms with E-state index in [1.807, 2.05) is 0 Å². The van der Waals surface area contributed by atoms with Gasteiger partial charge in [-0.25, -0.2) is 0 Å². The van der Waals surface area contributed by atoms with E-state index in [-0.39, 0.29) is 0 Å². The lowest BCUT2D eigenvalue weighted by Crippen LogP contribution is -2.49. The maximum absolute atomic E-state index is 9.26. The third kappa shape index (κ3) is 5.28. The zero-order valence-electron chi connectivity index (χ0n) is 14.9. The van der Waals surface area contributed by atoms with Crippen LogP contribution < -0.4 is 0 Å². The summed E-state index contributed by atoms with van der Waals surface area (Å²) in [6.07, 6.45) is 4.88. The molecule has 3 rings (SSSR count). The molecule has 134 valence electrons. The predicted octanol–water partition coefficient (Wildman–Crippen LogP) is 2.04. The Hall–Kier alpha value is -0.940. The molecule has 0 aromatic heterocycles. The smallest absolute Gasteiger partial charge is 0.0445 e. The number of benzene rings is 1. The number of likely N-dealkylation sites (tertiary alicyclic amines) is 1. The molecule has 0 aliphatic carbocycles. The molecule has 0 unspecified atom stereocenters. The van der Waals surface area contributed by atoms with Crippen LogP contribution in [0.3, 0.4) is 0 Å². The molecular weight excluding hydrogens is 298 g/mol. The van der Waals surface area contributed by atoms with Gasteiger partial charge < -0.3 is 5.11 Å². The third-order valence-electron chi connectivity index (χ3n) is 5.63. The van der Waals surface area contributed by atoms with Crippen LogP contribution in [0.5, 0.6) is 0 Å². The molecule has 2 saturated heterocycles. The SMILES string of the molecule is OCC[C@H]1CCCCN1CCN1CCN(Cc2ccccc2)CC1. The van der Waals surface area contributed by atoms with Crippen LogP contribution in [-0.2, 0) is 6.54 Å². The molecule has 4 nitrogen and oxygen atoms in total. The lowest BCUT2D eigenvalue weighted by atomic mass is 10.00. The van der Waals surface area contributed by atoms with Crippen molar-refractivity contribution in [2.75, 3.05) is 52.4 Å². The molecule has 1 aromatic carbocycles. The van der Waals surface area contributed by atoms with Crippen molar-refractivity contribution in [1.29, 1.82) is 0 Å². The van der Waals surface area contributed by atoms with Gasteiger partial charge in [0.05, 0.1) is 0 Å². The number of rotatable bonds is 7. The third-order valence-corrected chi connectivity index (χ3v) is 5.63. The zero-order chi connectivity index (χ0) is 16.6. The first-order valence-corrected chi connectivity index (χ1v) is 9.68. The molecule has 2 aliphatic heterocycles. The molecule has 1 aromatic rings. The van der Waals surface area contributed by atoms with Crippen molar-refractivity contribution < 1.29 is 5.11 Å². The van der Waals surface area contributed by atoms with E-state index in [9.17, 15) is 5.11 Å². The Kier molecular flexibility index (Phi) is 7.09. The normalized spacial score (nSPS) is 24.3. The average Bonchev–Trinajstić information content (AvgIpc) is 2.63. The van der Waals surface area contributed by atoms with Gasteiger partial charge >= 0.3 is 0 Å². The second-order valence-electron chi connectivity index (χ2n) is 7.30. The summed E-state index contributed by atoms with van der Waals surface area (Å²) in [6.45, 7) is 9.71. The molecule has 1 atom stereocenters. The first-order valence-electron chi connectivity index (χ1n) is 9.68. The van der Waals surface area contributed by atoms with Gasteiger partial charge in [0, 0.05) is 58.5 Å². The van der Waals surface area contributed by atoms with Crippen LogP contribution in [0.4, 0.5) is 0 Å². The van der Waals surface area contributed by atoms with Crippen molar-refractivity contribution in [2.45, 2.75) is 38.3 Å². The van der Waals surface area contributed by atoms with E-state index in [0.717, 1.165) is 13.0 Å². The number of piperazine rings is 1. The van der Waals surface area contributed by atoms with Gasteiger partial charge in [0.1, 0.15) is 0 Å². The Labute approximate surface area is 147 Å². The van der Waals surface area contributed by atoms with Crippen LogP contribution in [0.2, 0.25) is 0 Å². The Morgan fingerprint density at radius 2 is 1.62 bits per heavy atom. The lowest BCUT2D eigenvalue weighted by molar-refractivity contribution is 0.0816. The topological polar surface area (TPSA) is 30.0 Å². The highest BCUT2D eigenvalue weighted by Gasteiger charge is 2.23. The number of hydrogen-bond donors (Lipinski definition) is 1. The Bertz CT molecular complexity index is 457. The summed E-state index contributed by atoms with van der Waals surface area (Å²) < 4.78 is 0. The molecule has 0 radical (unpaired) electrons. The summed E-state index contributed by atoms with van der Waals surface area (Å²) in [5, 5.41) is 9.26. The zero-order valence-corrected chi connectivity index (χ0v) is 14.9. The van der Waals surface area contributed by atoms with Crippen molar-refractivity contribution in [3.05, 3.63) is 35.9 Å². The second-order valence-corrected chi connectivity index (χ2v) is 7.30. The summed E-state index contributed by atoms with van der Waals surface area (Å²) in [4.78, 5) is 7.81. The van der Waals surface area contributed by atoms with Crippen molar-refractivity contribution in [3.63, 3.8) is 0 Å². The van der Waals surface area contributed by atoms with Crippen molar-refractivity contribution in [1.82, 2.24) is 14.7 Å². The molecule has 24 heavy (non-hydrogen) atoms. The Morgan fingerprint density at radius 3 is 2.38 bits per heavy atom. The van der Waals surface area contributed by atoms with E-state index in [1.54, 1.807) is 0 Å². The minimum Gasteiger partial charge on any atom is -0.396 e. The molecular formula is C20H33N3O. The molecule has 1 N–H and O–H groups in total. The monoisotopic (exact) mass is 331 g/mol.